The van der Waals surface area contributed by atoms with Crippen LogP contribution in [0.15, 0.2) is 24.5 Å². The Bertz CT molecular complexity index is 314. The van der Waals surface area contributed by atoms with Crippen molar-refractivity contribution < 1.29 is 4.79 Å². The van der Waals surface area contributed by atoms with Gasteiger partial charge in [-0.25, -0.2) is 0 Å². The van der Waals surface area contributed by atoms with Crippen LogP contribution in [-0.2, 0) is 0 Å². The number of hydrogen-bond acceptors (Lipinski definition) is 2. The summed E-state index contributed by atoms with van der Waals surface area (Å²) in [6.45, 7) is 4.53. The molecule has 0 N–H and O–H groups in total. The van der Waals surface area contributed by atoms with Gasteiger partial charge in [0.25, 0.3) is 5.91 Å². The second-order valence-electron chi connectivity index (χ2n) is 3.52. The van der Waals surface area contributed by atoms with Crippen LogP contribution in [-0.4, -0.2) is 34.3 Å². The summed E-state index contributed by atoms with van der Waals surface area (Å²) >= 11 is 5.67. The Morgan fingerprint density at radius 3 is 2.53 bits per heavy atom. The van der Waals surface area contributed by atoms with Gasteiger partial charge in [-0.15, -0.1) is 11.6 Å². The number of amides is 1. The Balaban J connectivity index is 2.81. The summed E-state index contributed by atoms with van der Waals surface area (Å²) in [5, 5.41) is 0. The average molecular weight is 227 g/mol. The number of carbonyl (C=O) groups excluding carboxylic acids is 1. The van der Waals surface area contributed by atoms with Crippen molar-refractivity contribution in [3.8, 4) is 0 Å². The molecular weight excluding hydrogens is 212 g/mol. The molecule has 0 saturated heterocycles. The van der Waals surface area contributed by atoms with E-state index in [4.69, 9.17) is 11.6 Å². The van der Waals surface area contributed by atoms with Gasteiger partial charge in [0.05, 0.1) is 0 Å². The van der Waals surface area contributed by atoms with Crippen molar-refractivity contribution in [2.45, 2.75) is 19.9 Å². The van der Waals surface area contributed by atoms with E-state index in [0.29, 0.717) is 18.0 Å². The second kappa shape index (κ2) is 5.71. The molecule has 0 aliphatic carbocycles. The van der Waals surface area contributed by atoms with E-state index >= 15 is 0 Å². The maximum Gasteiger partial charge on any atom is 0.254 e. The predicted molar refractivity (Wildman–Crippen MR) is 61.1 cm³/mol. The summed E-state index contributed by atoms with van der Waals surface area (Å²) in [5.74, 6) is 0.461. The van der Waals surface area contributed by atoms with Gasteiger partial charge < -0.3 is 4.90 Å². The minimum absolute atomic E-state index is 0.00745. The van der Waals surface area contributed by atoms with Crippen LogP contribution in [0.2, 0.25) is 0 Å². The van der Waals surface area contributed by atoms with Crippen LogP contribution in [0.1, 0.15) is 24.2 Å². The fourth-order valence-electron chi connectivity index (χ4n) is 1.35. The molecule has 1 heterocycles. The first-order valence-electron chi connectivity index (χ1n) is 4.93. The molecule has 82 valence electrons. The largest absolute Gasteiger partial charge is 0.335 e. The highest BCUT2D eigenvalue weighted by Gasteiger charge is 2.17. The first-order valence-corrected chi connectivity index (χ1v) is 5.47. The highest BCUT2D eigenvalue weighted by molar-refractivity contribution is 6.18. The van der Waals surface area contributed by atoms with E-state index in [9.17, 15) is 4.79 Å². The third-order valence-electron chi connectivity index (χ3n) is 2.14. The molecule has 3 nitrogen and oxygen atoms in total. The van der Waals surface area contributed by atoms with Gasteiger partial charge in [-0.1, -0.05) is 0 Å². The van der Waals surface area contributed by atoms with Gasteiger partial charge in [0.15, 0.2) is 0 Å². The van der Waals surface area contributed by atoms with Crippen molar-refractivity contribution >= 4 is 17.5 Å². The summed E-state index contributed by atoms with van der Waals surface area (Å²) in [4.78, 5) is 17.6. The third-order valence-corrected chi connectivity index (χ3v) is 2.31. The van der Waals surface area contributed by atoms with E-state index in [1.165, 1.54) is 0 Å². The zero-order valence-corrected chi connectivity index (χ0v) is 9.74. The number of halogens is 1. The second-order valence-corrected chi connectivity index (χ2v) is 3.90. The number of hydrogen-bond donors (Lipinski definition) is 0. The molecule has 0 fully saturated rings. The highest BCUT2D eigenvalue weighted by Crippen LogP contribution is 2.07. The summed E-state index contributed by atoms with van der Waals surface area (Å²) < 4.78 is 0. The van der Waals surface area contributed by atoms with Gasteiger partial charge in [-0.3, -0.25) is 9.78 Å². The lowest BCUT2D eigenvalue weighted by Crippen LogP contribution is -2.38. The van der Waals surface area contributed by atoms with E-state index < -0.39 is 0 Å². The number of rotatable bonds is 4. The zero-order valence-electron chi connectivity index (χ0n) is 8.98. The molecule has 0 saturated carbocycles. The molecule has 4 heteroatoms. The fourth-order valence-corrected chi connectivity index (χ4v) is 1.53. The van der Waals surface area contributed by atoms with Crippen molar-refractivity contribution in [3.05, 3.63) is 30.1 Å². The lowest BCUT2D eigenvalue weighted by Gasteiger charge is -2.25. The topological polar surface area (TPSA) is 33.2 Å². The summed E-state index contributed by atoms with van der Waals surface area (Å²) in [6.07, 6.45) is 3.23. The van der Waals surface area contributed by atoms with Crippen molar-refractivity contribution in [3.63, 3.8) is 0 Å². The SMILES string of the molecule is CC(C)N(CCCl)C(=O)c1ccncc1. The number of alkyl halides is 1. The molecular formula is C11H15ClN2O. The molecule has 1 rings (SSSR count). The Kier molecular flexibility index (Phi) is 4.56. The monoisotopic (exact) mass is 226 g/mol. The number of nitrogens with zero attached hydrogens (tertiary/aromatic N) is 2. The van der Waals surface area contributed by atoms with Gasteiger partial charge >= 0.3 is 0 Å². The molecule has 0 unspecified atom stereocenters. The van der Waals surface area contributed by atoms with Crippen molar-refractivity contribution in [2.75, 3.05) is 12.4 Å². The van der Waals surface area contributed by atoms with E-state index in [1.54, 1.807) is 29.4 Å². The molecule has 1 aromatic rings. The standard InChI is InChI=1S/C11H15ClN2O/c1-9(2)14(8-5-12)11(15)10-3-6-13-7-4-10/h3-4,6-7,9H,5,8H2,1-2H3. The number of carbonyl (C=O) groups is 1. The van der Waals surface area contributed by atoms with E-state index in [2.05, 4.69) is 4.98 Å². The summed E-state index contributed by atoms with van der Waals surface area (Å²) in [7, 11) is 0. The molecule has 0 aliphatic rings. The molecule has 0 bridgehead atoms. The maximum atomic E-state index is 12.0. The minimum Gasteiger partial charge on any atom is -0.335 e. The van der Waals surface area contributed by atoms with Crippen LogP contribution in [0.4, 0.5) is 0 Å². The van der Waals surface area contributed by atoms with Crippen LogP contribution < -0.4 is 0 Å². The van der Waals surface area contributed by atoms with Crippen LogP contribution in [0, 0.1) is 0 Å². The summed E-state index contributed by atoms with van der Waals surface area (Å²) in [5.41, 5.74) is 0.656. The van der Waals surface area contributed by atoms with Gasteiger partial charge in [0.1, 0.15) is 0 Å². The molecule has 0 atom stereocenters. The van der Waals surface area contributed by atoms with Gasteiger partial charge in [-0.2, -0.15) is 0 Å². The Hall–Kier alpha value is -1.09. The van der Waals surface area contributed by atoms with Crippen molar-refractivity contribution in [1.82, 2.24) is 9.88 Å². The minimum atomic E-state index is 0.00745. The fraction of sp³-hybridized carbons (Fsp3) is 0.455. The Morgan fingerprint density at radius 1 is 1.47 bits per heavy atom. The quantitative estimate of drug-likeness (QED) is 0.738. The smallest absolute Gasteiger partial charge is 0.254 e. The third kappa shape index (κ3) is 3.20. The van der Waals surface area contributed by atoms with E-state index in [0.717, 1.165) is 0 Å². The maximum absolute atomic E-state index is 12.0. The average Bonchev–Trinajstić information content (AvgIpc) is 2.26. The first kappa shape index (κ1) is 12.0. The van der Waals surface area contributed by atoms with Gasteiger partial charge in [0.2, 0.25) is 0 Å². The normalized spacial score (nSPS) is 10.4. The number of pyridine rings is 1. The Labute approximate surface area is 95.1 Å². The van der Waals surface area contributed by atoms with Crippen molar-refractivity contribution in [1.29, 1.82) is 0 Å². The molecule has 0 aliphatic heterocycles. The Morgan fingerprint density at radius 2 is 2.07 bits per heavy atom. The highest BCUT2D eigenvalue weighted by atomic mass is 35.5. The zero-order chi connectivity index (χ0) is 11.3. The van der Waals surface area contributed by atoms with Crippen LogP contribution in [0.25, 0.3) is 0 Å². The van der Waals surface area contributed by atoms with E-state index in [-0.39, 0.29) is 11.9 Å². The van der Waals surface area contributed by atoms with Crippen LogP contribution in [0.5, 0.6) is 0 Å². The molecule has 1 amide bonds. The molecule has 0 spiro atoms. The van der Waals surface area contributed by atoms with Crippen LogP contribution in [0.3, 0.4) is 0 Å². The van der Waals surface area contributed by atoms with Gasteiger partial charge in [-0.05, 0) is 26.0 Å². The molecule has 15 heavy (non-hydrogen) atoms. The van der Waals surface area contributed by atoms with Crippen molar-refractivity contribution in [2.24, 2.45) is 0 Å². The molecule has 0 aromatic carbocycles. The predicted octanol–water partition coefficient (Wildman–Crippen LogP) is 2.17. The molecule has 1 aromatic heterocycles. The number of aromatic nitrogens is 1. The lowest BCUT2D eigenvalue weighted by molar-refractivity contribution is 0.0718. The lowest BCUT2D eigenvalue weighted by atomic mass is 10.2. The summed E-state index contributed by atoms with van der Waals surface area (Å²) in [6, 6.07) is 3.59. The van der Waals surface area contributed by atoms with E-state index in [1.807, 2.05) is 13.8 Å². The first-order chi connectivity index (χ1) is 7.16. The van der Waals surface area contributed by atoms with Crippen LogP contribution >= 0.6 is 11.6 Å². The molecule has 0 radical (unpaired) electrons. The van der Waals surface area contributed by atoms with Gasteiger partial charge in [0, 0.05) is 36.4 Å².